The van der Waals surface area contributed by atoms with Crippen molar-refractivity contribution in [2.75, 3.05) is 5.75 Å². The highest BCUT2D eigenvalue weighted by Crippen LogP contribution is 2.35. The molecule has 2 aromatic heterocycles. The molecule has 0 N–H and O–H groups in total. The molecule has 0 bridgehead atoms. The second kappa shape index (κ2) is 6.69. The van der Waals surface area contributed by atoms with Crippen LogP contribution < -0.4 is 0 Å². The molecule has 0 saturated carbocycles. The standard InChI is InChI=1S/C20H18F3N3O2S/c1-3-29(27,28)17-9-13-7-5-4-6-12(13)8-15(17)18-25-16-10-14(20(21,22)23)11-24-19(16)26(18)2/h5,7-11H,3-4,6H2,1-2H3. The molecule has 1 aliphatic rings. The van der Waals surface area contributed by atoms with Crippen molar-refractivity contribution in [2.24, 2.45) is 7.05 Å². The fourth-order valence-electron chi connectivity index (χ4n) is 3.52. The summed E-state index contributed by atoms with van der Waals surface area (Å²) < 4.78 is 66.2. The average molecular weight is 421 g/mol. The van der Waals surface area contributed by atoms with Gasteiger partial charge in [-0.25, -0.2) is 18.4 Å². The Labute approximate surface area is 165 Å². The van der Waals surface area contributed by atoms with Crippen LogP contribution in [0.5, 0.6) is 0 Å². The molecular formula is C20H18F3N3O2S. The zero-order chi connectivity index (χ0) is 21.0. The molecule has 0 radical (unpaired) electrons. The van der Waals surface area contributed by atoms with E-state index in [9.17, 15) is 21.6 Å². The Hall–Kier alpha value is -2.68. The molecule has 152 valence electrons. The van der Waals surface area contributed by atoms with Gasteiger partial charge in [0.2, 0.25) is 0 Å². The molecule has 0 atom stereocenters. The minimum Gasteiger partial charge on any atom is -0.312 e. The van der Waals surface area contributed by atoms with E-state index in [1.54, 1.807) is 26.1 Å². The molecule has 29 heavy (non-hydrogen) atoms. The summed E-state index contributed by atoms with van der Waals surface area (Å²) >= 11 is 0. The Morgan fingerprint density at radius 2 is 1.97 bits per heavy atom. The number of hydrogen-bond acceptors (Lipinski definition) is 4. The Morgan fingerprint density at radius 3 is 2.66 bits per heavy atom. The molecule has 0 amide bonds. The van der Waals surface area contributed by atoms with E-state index in [2.05, 4.69) is 9.97 Å². The van der Waals surface area contributed by atoms with E-state index in [1.807, 2.05) is 12.2 Å². The number of nitrogens with zero attached hydrogens (tertiary/aromatic N) is 3. The molecule has 4 rings (SSSR count). The summed E-state index contributed by atoms with van der Waals surface area (Å²) in [5, 5.41) is 0. The minimum absolute atomic E-state index is 0.0646. The maximum Gasteiger partial charge on any atom is 0.417 e. The van der Waals surface area contributed by atoms with Crippen molar-refractivity contribution in [3.8, 4) is 11.4 Å². The highest BCUT2D eigenvalue weighted by molar-refractivity contribution is 7.91. The first-order valence-electron chi connectivity index (χ1n) is 9.08. The lowest BCUT2D eigenvalue weighted by Crippen LogP contribution is -2.09. The van der Waals surface area contributed by atoms with Gasteiger partial charge in [0.25, 0.3) is 0 Å². The van der Waals surface area contributed by atoms with Crippen LogP contribution in [0.3, 0.4) is 0 Å². The summed E-state index contributed by atoms with van der Waals surface area (Å²) in [5.74, 6) is 0.180. The Balaban J connectivity index is 2.00. The van der Waals surface area contributed by atoms with Crippen molar-refractivity contribution in [3.05, 3.63) is 47.2 Å². The van der Waals surface area contributed by atoms with E-state index in [-0.39, 0.29) is 27.6 Å². The lowest BCUT2D eigenvalue weighted by atomic mass is 9.95. The first kappa shape index (κ1) is 19.6. The summed E-state index contributed by atoms with van der Waals surface area (Å²) in [4.78, 5) is 8.37. The molecule has 0 spiro atoms. The van der Waals surface area contributed by atoms with Gasteiger partial charge < -0.3 is 4.57 Å². The fourth-order valence-corrected chi connectivity index (χ4v) is 4.62. The molecule has 0 aliphatic heterocycles. The van der Waals surface area contributed by atoms with E-state index in [0.29, 0.717) is 5.56 Å². The molecule has 1 aromatic carbocycles. The average Bonchev–Trinajstić information content (AvgIpc) is 3.02. The van der Waals surface area contributed by atoms with Crippen LogP contribution in [-0.2, 0) is 29.5 Å². The fraction of sp³-hybridized carbons (Fsp3) is 0.300. The van der Waals surface area contributed by atoms with Gasteiger partial charge in [0.05, 0.1) is 16.2 Å². The van der Waals surface area contributed by atoms with Gasteiger partial charge in [0.1, 0.15) is 11.3 Å². The molecule has 2 heterocycles. The number of hydrogen-bond donors (Lipinski definition) is 0. The number of aryl methyl sites for hydroxylation is 2. The monoisotopic (exact) mass is 421 g/mol. The SMILES string of the molecule is CCS(=O)(=O)c1cc2c(cc1-c1nc3cc(C(F)(F)F)cnc3n1C)CCC=C2. The molecular weight excluding hydrogens is 403 g/mol. The summed E-state index contributed by atoms with van der Waals surface area (Å²) in [7, 11) is -1.97. The van der Waals surface area contributed by atoms with Gasteiger partial charge in [-0.05, 0) is 42.2 Å². The third kappa shape index (κ3) is 3.33. The smallest absolute Gasteiger partial charge is 0.312 e. The van der Waals surface area contributed by atoms with Gasteiger partial charge in [-0.15, -0.1) is 0 Å². The first-order chi connectivity index (χ1) is 13.6. The van der Waals surface area contributed by atoms with E-state index >= 15 is 0 Å². The molecule has 1 aliphatic carbocycles. The minimum atomic E-state index is -4.53. The number of alkyl halides is 3. The van der Waals surface area contributed by atoms with Crippen molar-refractivity contribution in [1.29, 1.82) is 0 Å². The van der Waals surface area contributed by atoms with Crippen LogP contribution in [-0.4, -0.2) is 28.7 Å². The largest absolute Gasteiger partial charge is 0.417 e. The zero-order valence-corrected chi connectivity index (χ0v) is 16.6. The van der Waals surface area contributed by atoms with Crippen LogP contribution in [0.2, 0.25) is 0 Å². The number of rotatable bonds is 3. The van der Waals surface area contributed by atoms with Gasteiger partial charge in [0, 0.05) is 18.8 Å². The van der Waals surface area contributed by atoms with Crippen LogP contribution in [0.15, 0.2) is 35.4 Å². The Morgan fingerprint density at radius 1 is 1.21 bits per heavy atom. The zero-order valence-electron chi connectivity index (χ0n) is 15.8. The van der Waals surface area contributed by atoms with Gasteiger partial charge in [-0.1, -0.05) is 19.1 Å². The highest BCUT2D eigenvalue weighted by atomic mass is 32.2. The van der Waals surface area contributed by atoms with Crippen LogP contribution in [0.25, 0.3) is 28.6 Å². The van der Waals surface area contributed by atoms with Gasteiger partial charge >= 0.3 is 6.18 Å². The number of benzene rings is 1. The lowest BCUT2D eigenvalue weighted by Gasteiger charge is -2.16. The number of pyridine rings is 1. The molecule has 3 aromatic rings. The second-order valence-corrected chi connectivity index (χ2v) is 9.20. The lowest BCUT2D eigenvalue weighted by molar-refractivity contribution is -0.137. The number of imidazole rings is 1. The highest BCUT2D eigenvalue weighted by Gasteiger charge is 2.32. The summed E-state index contributed by atoms with van der Waals surface area (Å²) in [6, 6.07) is 4.35. The predicted molar refractivity (Wildman–Crippen MR) is 104 cm³/mol. The van der Waals surface area contributed by atoms with E-state index in [1.165, 1.54) is 4.57 Å². The molecule has 0 saturated heterocycles. The van der Waals surface area contributed by atoms with Gasteiger partial charge in [-0.2, -0.15) is 13.2 Å². The van der Waals surface area contributed by atoms with Crippen molar-refractivity contribution in [1.82, 2.24) is 14.5 Å². The third-order valence-electron chi connectivity index (χ3n) is 5.11. The number of allylic oxidation sites excluding steroid dienone is 1. The van der Waals surface area contributed by atoms with Crippen molar-refractivity contribution in [3.63, 3.8) is 0 Å². The molecule has 9 heteroatoms. The van der Waals surface area contributed by atoms with Crippen LogP contribution in [0.4, 0.5) is 13.2 Å². The van der Waals surface area contributed by atoms with Crippen molar-refractivity contribution in [2.45, 2.75) is 30.8 Å². The quantitative estimate of drug-likeness (QED) is 0.629. The molecule has 0 fully saturated rings. The third-order valence-corrected chi connectivity index (χ3v) is 6.88. The van der Waals surface area contributed by atoms with Crippen LogP contribution in [0.1, 0.15) is 30.0 Å². The molecule has 0 unspecified atom stereocenters. The van der Waals surface area contributed by atoms with E-state index in [4.69, 9.17) is 0 Å². The predicted octanol–water partition coefficient (Wildman–Crippen LogP) is 4.41. The maximum atomic E-state index is 13.0. The molecule has 5 nitrogen and oxygen atoms in total. The first-order valence-corrected chi connectivity index (χ1v) is 10.7. The van der Waals surface area contributed by atoms with E-state index in [0.717, 1.165) is 36.2 Å². The van der Waals surface area contributed by atoms with Gasteiger partial charge in [-0.3, -0.25) is 0 Å². The van der Waals surface area contributed by atoms with Crippen molar-refractivity contribution < 1.29 is 21.6 Å². The summed E-state index contributed by atoms with van der Waals surface area (Å²) in [5.41, 5.74) is 1.62. The Kier molecular flexibility index (Phi) is 4.53. The van der Waals surface area contributed by atoms with E-state index < -0.39 is 21.6 Å². The number of fused-ring (bicyclic) bond motifs is 2. The number of halogens is 3. The van der Waals surface area contributed by atoms with Crippen LogP contribution in [0, 0.1) is 0 Å². The summed E-state index contributed by atoms with van der Waals surface area (Å²) in [6.45, 7) is 1.56. The van der Waals surface area contributed by atoms with Gasteiger partial charge in [0.15, 0.2) is 15.5 Å². The number of sulfone groups is 1. The topological polar surface area (TPSA) is 64.8 Å². The second-order valence-electron chi connectivity index (χ2n) is 6.95. The van der Waals surface area contributed by atoms with Crippen LogP contribution >= 0.6 is 0 Å². The maximum absolute atomic E-state index is 13.0. The summed E-state index contributed by atoms with van der Waals surface area (Å²) in [6.07, 6.45) is 1.70. The Bertz CT molecular complexity index is 1260. The number of aromatic nitrogens is 3. The normalized spacial score (nSPS) is 14.4. The van der Waals surface area contributed by atoms with Crippen molar-refractivity contribution >= 4 is 27.1 Å².